The highest BCUT2D eigenvalue weighted by atomic mass is 28.4. The van der Waals surface area contributed by atoms with E-state index < -0.39 is 8.32 Å². The monoisotopic (exact) mass is 322 g/mol. The van der Waals surface area contributed by atoms with Gasteiger partial charge in [-0.25, -0.2) is 4.98 Å². The Morgan fingerprint density at radius 3 is 2.59 bits per heavy atom. The Balaban J connectivity index is 2.08. The second kappa shape index (κ2) is 6.58. The van der Waals surface area contributed by atoms with Crippen LogP contribution < -0.4 is 4.90 Å². The van der Waals surface area contributed by atoms with E-state index in [9.17, 15) is 5.11 Å². The zero-order chi connectivity index (χ0) is 16.4. The van der Waals surface area contributed by atoms with Gasteiger partial charge in [-0.2, -0.15) is 0 Å². The predicted molar refractivity (Wildman–Crippen MR) is 94.0 cm³/mol. The summed E-state index contributed by atoms with van der Waals surface area (Å²) in [6, 6.07) is 3.60. The van der Waals surface area contributed by atoms with Crippen molar-refractivity contribution in [1.82, 2.24) is 4.98 Å². The van der Waals surface area contributed by atoms with Gasteiger partial charge in [0, 0.05) is 13.1 Å². The van der Waals surface area contributed by atoms with Crippen LogP contribution in [0.3, 0.4) is 0 Å². The van der Waals surface area contributed by atoms with Crippen molar-refractivity contribution in [3.63, 3.8) is 0 Å². The van der Waals surface area contributed by atoms with Crippen molar-refractivity contribution in [2.45, 2.75) is 64.3 Å². The minimum Gasteiger partial charge on any atom is -0.506 e. The topological polar surface area (TPSA) is 45.6 Å². The zero-order valence-electron chi connectivity index (χ0n) is 14.6. The Labute approximate surface area is 135 Å². The number of anilines is 1. The number of nitrogens with zero attached hydrogens (tertiary/aromatic N) is 2. The van der Waals surface area contributed by atoms with Crippen LogP contribution in [0.15, 0.2) is 18.3 Å². The summed E-state index contributed by atoms with van der Waals surface area (Å²) in [5.41, 5.74) is 0. The quantitative estimate of drug-likeness (QED) is 0.849. The van der Waals surface area contributed by atoms with E-state index in [4.69, 9.17) is 4.43 Å². The van der Waals surface area contributed by atoms with Crippen LogP contribution in [0.4, 0.5) is 5.82 Å². The van der Waals surface area contributed by atoms with E-state index in [1.54, 1.807) is 6.07 Å². The molecule has 0 radical (unpaired) electrons. The highest BCUT2D eigenvalue weighted by Crippen LogP contribution is 2.38. The third kappa shape index (κ3) is 4.23. The van der Waals surface area contributed by atoms with Crippen molar-refractivity contribution >= 4 is 14.1 Å². The summed E-state index contributed by atoms with van der Waals surface area (Å²) in [6.45, 7) is 13.4. The zero-order valence-corrected chi connectivity index (χ0v) is 15.6. The average molecular weight is 323 g/mol. The average Bonchev–Trinajstić information content (AvgIpc) is 2.63. The molecule has 1 aliphatic heterocycles. The summed E-state index contributed by atoms with van der Waals surface area (Å²) in [5.74, 6) is 1.15. The van der Waals surface area contributed by atoms with Crippen molar-refractivity contribution in [2.75, 3.05) is 18.0 Å². The minimum atomic E-state index is -1.74. The van der Waals surface area contributed by atoms with Gasteiger partial charge in [0.15, 0.2) is 8.32 Å². The molecular weight excluding hydrogens is 292 g/mol. The Bertz CT molecular complexity index is 482. The van der Waals surface area contributed by atoms with Crippen molar-refractivity contribution in [2.24, 2.45) is 0 Å². The molecule has 0 amide bonds. The van der Waals surface area contributed by atoms with Crippen molar-refractivity contribution < 1.29 is 9.53 Å². The minimum absolute atomic E-state index is 0.215. The molecule has 1 unspecified atom stereocenters. The van der Waals surface area contributed by atoms with E-state index >= 15 is 0 Å². The fraction of sp³-hybridized carbons (Fsp3) is 0.706. The lowest BCUT2D eigenvalue weighted by molar-refractivity contribution is 0.179. The summed E-state index contributed by atoms with van der Waals surface area (Å²) in [6.07, 6.45) is 5.29. The number of aromatic hydroxyl groups is 1. The molecule has 0 aliphatic carbocycles. The number of hydrogen-bond donors (Lipinski definition) is 1. The van der Waals surface area contributed by atoms with E-state index in [0.29, 0.717) is 0 Å². The highest BCUT2D eigenvalue weighted by molar-refractivity contribution is 6.74. The molecule has 2 heterocycles. The third-order valence-corrected chi connectivity index (χ3v) is 9.49. The normalized spacial score (nSPS) is 20.8. The van der Waals surface area contributed by atoms with Gasteiger partial charge in [-0.05, 0) is 49.5 Å². The number of aromatic nitrogens is 1. The lowest BCUT2D eigenvalue weighted by Gasteiger charge is -2.40. The molecule has 1 N–H and O–H groups in total. The standard InChI is InChI=1S/C17H30N2O2Si/c1-17(2,3)22(4,5)21-15-8-6-7-11-19(13-15)16-10-9-14(20)12-18-16/h9-10,12,15,20H,6-8,11,13H2,1-5H3. The Hall–Kier alpha value is -1.07. The molecule has 0 saturated carbocycles. The van der Waals surface area contributed by atoms with E-state index in [-0.39, 0.29) is 16.9 Å². The molecule has 124 valence electrons. The largest absolute Gasteiger partial charge is 0.506 e. The molecule has 1 aliphatic rings. The SMILES string of the molecule is CC(C)(C)[Si](C)(C)OC1CCCCN(c2ccc(O)cn2)C1. The second-order valence-electron chi connectivity index (χ2n) is 7.82. The summed E-state index contributed by atoms with van der Waals surface area (Å²) in [7, 11) is -1.74. The smallest absolute Gasteiger partial charge is 0.192 e. The van der Waals surface area contributed by atoms with E-state index in [1.165, 1.54) is 19.0 Å². The van der Waals surface area contributed by atoms with Crippen molar-refractivity contribution in [3.05, 3.63) is 18.3 Å². The van der Waals surface area contributed by atoms with Crippen LogP contribution in [0.1, 0.15) is 40.0 Å². The van der Waals surface area contributed by atoms with Crippen LogP contribution >= 0.6 is 0 Å². The summed E-state index contributed by atoms with van der Waals surface area (Å²) in [5, 5.41) is 9.64. The van der Waals surface area contributed by atoms with Crippen molar-refractivity contribution in [3.8, 4) is 5.75 Å². The maximum Gasteiger partial charge on any atom is 0.192 e. The molecule has 4 nitrogen and oxygen atoms in total. The molecule has 5 heteroatoms. The third-order valence-electron chi connectivity index (χ3n) is 4.95. The summed E-state index contributed by atoms with van der Waals surface area (Å²) in [4.78, 5) is 6.65. The van der Waals surface area contributed by atoms with Crippen LogP contribution in [0.2, 0.25) is 18.1 Å². The Kier molecular flexibility index (Phi) is 5.17. The van der Waals surface area contributed by atoms with Crippen LogP contribution in [-0.2, 0) is 4.43 Å². The molecule has 1 fully saturated rings. The Morgan fingerprint density at radius 2 is 2.00 bits per heavy atom. The molecule has 1 aromatic rings. The lowest BCUT2D eigenvalue weighted by atomic mass is 10.2. The predicted octanol–water partition coefficient (Wildman–Crippen LogP) is 4.17. The first kappa shape index (κ1) is 17.3. The fourth-order valence-corrected chi connectivity index (χ4v) is 3.95. The summed E-state index contributed by atoms with van der Waals surface area (Å²) >= 11 is 0. The highest BCUT2D eigenvalue weighted by Gasteiger charge is 2.39. The van der Waals surface area contributed by atoms with Crippen LogP contribution in [-0.4, -0.2) is 37.6 Å². The molecule has 1 aromatic heterocycles. The summed E-state index contributed by atoms with van der Waals surface area (Å²) < 4.78 is 6.62. The van der Waals surface area contributed by atoms with Gasteiger partial charge < -0.3 is 14.4 Å². The maximum absolute atomic E-state index is 9.40. The first-order valence-electron chi connectivity index (χ1n) is 8.27. The number of hydrogen-bond acceptors (Lipinski definition) is 4. The first-order valence-corrected chi connectivity index (χ1v) is 11.2. The first-order chi connectivity index (χ1) is 10.2. The van der Waals surface area contributed by atoms with Gasteiger partial charge in [0.25, 0.3) is 0 Å². The molecule has 0 aromatic carbocycles. The van der Waals surface area contributed by atoms with Crippen molar-refractivity contribution in [1.29, 1.82) is 0 Å². The molecule has 2 rings (SSSR count). The van der Waals surface area contributed by atoms with E-state index in [2.05, 4.69) is 43.7 Å². The second-order valence-corrected chi connectivity index (χ2v) is 12.6. The van der Waals surface area contributed by atoms with Gasteiger partial charge >= 0.3 is 0 Å². The van der Waals surface area contributed by atoms with Gasteiger partial charge in [0.2, 0.25) is 0 Å². The van der Waals surface area contributed by atoms with E-state index in [1.807, 2.05) is 6.07 Å². The molecule has 0 bridgehead atoms. The number of rotatable bonds is 3. The molecule has 22 heavy (non-hydrogen) atoms. The molecule has 1 atom stereocenters. The van der Waals surface area contributed by atoms with Crippen LogP contribution in [0, 0.1) is 0 Å². The van der Waals surface area contributed by atoms with Gasteiger partial charge in [-0.15, -0.1) is 0 Å². The fourth-order valence-electron chi connectivity index (χ4n) is 2.57. The van der Waals surface area contributed by atoms with Crippen LogP contribution in [0.25, 0.3) is 0 Å². The van der Waals surface area contributed by atoms with Crippen LogP contribution in [0.5, 0.6) is 5.75 Å². The van der Waals surface area contributed by atoms with Gasteiger partial charge in [0.05, 0.1) is 12.3 Å². The lowest BCUT2D eigenvalue weighted by Crippen LogP contribution is -2.46. The molecule has 0 spiro atoms. The number of pyridine rings is 1. The van der Waals surface area contributed by atoms with Gasteiger partial charge in [-0.1, -0.05) is 20.8 Å². The van der Waals surface area contributed by atoms with Gasteiger partial charge in [-0.3, -0.25) is 0 Å². The van der Waals surface area contributed by atoms with E-state index in [0.717, 1.165) is 25.3 Å². The molecular formula is C17H30N2O2Si. The van der Waals surface area contributed by atoms with Gasteiger partial charge in [0.1, 0.15) is 11.6 Å². The Morgan fingerprint density at radius 1 is 1.27 bits per heavy atom. The molecule has 1 saturated heterocycles. The maximum atomic E-state index is 9.40.